The van der Waals surface area contributed by atoms with Gasteiger partial charge in [-0.1, -0.05) is 58.0 Å². The Morgan fingerprint density at radius 2 is 1.64 bits per heavy atom. The molecule has 0 N–H and O–H groups in total. The Morgan fingerprint density at radius 1 is 1.14 bits per heavy atom. The predicted octanol–water partition coefficient (Wildman–Crippen LogP) is 5.72. The predicted molar refractivity (Wildman–Crippen MR) is 63.4 cm³/mol. The van der Waals surface area contributed by atoms with Crippen molar-refractivity contribution in [3.05, 3.63) is 32.0 Å². The van der Waals surface area contributed by atoms with E-state index in [1.165, 1.54) is 0 Å². The van der Waals surface area contributed by atoms with Gasteiger partial charge in [-0.15, -0.1) is 0 Å². The third-order valence-corrected chi connectivity index (χ3v) is 4.03. The van der Waals surface area contributed by atoms with E-state index in [0.29, 0.717) is 0 Å². The Bertz CT molecular complexity index is 373. The molecule has 0 aromatic heterocycles. The first kappa shape index (κ1) is 13.1. The lowest BCUT2D eigenvalue weighted by Gasteiger charge is -2.15. The van der Waals surface area contributed by atoms with Gasteiger partial charge < -0.3 is 0 Å². The summed E-state index contributed by atoms with van der Waals surface area (Å²) in [5.41, 5.74) is 0.0398. The van der Waals surface area contributed by atoms with Crippen LogP contribution in [0.1, 0.15) is 5.56 Å². The smallest absolute Gasteiger partial charge is 0.205 e. The van der Waals surface area contributed by atoms with Crippen LogP contribution in [-0.2, 0) is 3.79 Å². The highest BCUT2D eigenvalue weighted by Gasteiger charge is 2.29. The summed E-state index contributed by atoms with van der Waals surface area (Å²) in [6.45, 7) is 0. The van der Waals surface area contributed by atoms with Crippen molar-refractivity contribution in [2.24, 2.45) is 0 Å². The molecule has 0 saturated carbocycles. The lowest BCUT2D eigenvalue weighted by molar-refractivity contribution is 0.625. The Morgan fingerprint density at radius 3 is 2.07 bits per heavy atom. The first-order valence-electron chi connectivity index (χ1n) is 3.15. The molecule has 1 rings (SSSR count). The van der Waals surface area contributed by atoms with Crippen LogP contribution in [0.3, 0.4) is 0 Å². The minimum Gasteiger partial charge on any atom is -0.205 e. The van der Waals surface area contributed by atoms with Crippen molar-refractivity contribution in [2.45, 2.75) is 3.79 Å². The van der Waals surface area contributed by atoms with Gasteiger partial charge in [0.1, 0.15) is 5.82 Å². The van der Waals surface area contributed by atoms with Crippen LogP contribution in [0.15, 0.2) is 10.5 Å². The molecule has 7 heteroatoms. The summed E-state index contributed by atoms with van der Waals surface area (Å²) in [6, 6.07) is 0.989. The third-order valence-electron chi connectivity index (χ3n) is 1.41. The third kappa shape index (κ3) is 2.60. The van der Waals surface area contributed by atoms with E-state index in [1.807, 2.05) is 0 Å². The summed E-state index contributed by atoms with van der Waals surface area (Å²) in [4.78, 5) is 0. The molecule has 0 heterocycles. The van der Waals surface area contributed by atoms with Crippen molar-refractivity contribution < 1.29 is 4.39 Å². The monoisotopic (exact) mass is 358 g/mol. The van der Waals surface area contributed by atoms with Crippen molar-refractivity contribution in [3.63, 3.8) is 0 Å². The second-order valence-corrected chi connectivity index (χ2v) is 6.18. The fraction of sp³-hybridized carbons (Fsp3) is 0.143. The number of rotatable bonds is 0. The van der Waals surface area contributed by atoms with E-state index in [2.05, 4.69) is 15.9 Å². The van der Waals surface area contributed by atoms with Crippen LogP contribution in [0, 0.1) is 5.82 Å². The SMILES string of the molecule is Fc1cc(C(Cl)(Cl)Cl)c(Cl)c(Br)c1Cl. The van der Waals surface area contributed by atoms with Crippen molar-refractivity contribution >= 4 is 73.9 Å². The molecule has 78 valence electrons. The van der Waals surface area contributed by atoms with Crippen molar-refractivity contribution in [1.29, 1.82) is 0 Å². The highest BCUT2D eigenvalue weighted by Crippen LogP contribution is 2.46. The Hall–Kier alpha value is 1.08. The van der Waals surface area contributed by atoms with E-state index in [-0.39, 0.29) is 20.1 Å². The quantitative estimate of drug-likeness (QED) is 0.315. The molecule has 0 unspecified atom stereocenters. The second kappa shape index (κ2) is 4.52. The molecule has 0 aliphatic heterocycles. The van der Waals surface area contributed by atoms with Gasteiger partial charge in [-0.05, 0) is 22.0 Å². The molecule has 0 bridgehead atoms. The Labute approximate surface area is 113 Å². The van der Waals surface area contributed by atoms with Gasteiger partial charge in [-0.2, -0.15) is 0 Å². The summed E-state index contributed by atoms with van der Waals surface area (Å²) in [6.07, 6.45) is 0. The van der Waals surface area contributed by atoms with Gasteiger partial charge in [0.2, 0.25) is 3.79 Å². The van der Waals surface area contributed by atoms with Crippen LogP contribution in [-0.4, -0.2) is 0 Å². The number of halogens is 7. The molecule has 14 heavy (non-hydrogen) atoms. The highest BCUT2D eigenvalue weighted by atomic mass is 79.9. The van der Waals surface area contributed by atoms with E-state index in [4.69, 9.17) is 58.0 Å². The molecule has 0 nitrogen and oxygen atoms in total. The van der Waals surface area contributed by atoms with E-state index < -0.39 is 9.61 Å². The molecule has 1 aromatic rings. The van der Waals surface area contributed by atoms with Crippen LogP contribution in [0.5, 0.6) is 0 Å². The van der Waals surface area contributed by atoms with Crippen molar-refractivity contribution in [2.75, 3.05) is 0 Å². The van der Waals surface area contributed by atoms with Crippen molar-refractivity contribution in [3.8, 4) is 0 Å². The first-order valence-corrected chi connectivity index (χ1v) is 5.83. The molecule has 0 fully saturated rings. The number of benzene rings is 1. The minimum absolute atomic E-state index is 0.0398. The fourth-order valence-corrected chi connectivity index (χ4v) is 2.26. The number of alkyl halides is 3. The van der Waals surface area contributed by atoms with Gasteiger partial charge in [0, 0.05) is 5.56 Å². The fourth-order valence-electron chi connectivity index (χ4n) is 0.779. The molecule has 0 saturated heterocycles. The maximum atomic E-state index is 13.2. The highest BCUT2D eigenvalue weighted by molar-refractivity contribution is 9.10. The average molecular weight is 361 g/mol. The first-order chi connectivity index (χ1) is 6.25. The van der Waals surface area contributed by atoms with Gasteiger partial charge in [0.05, 0.1) is 14.5 Å². The lowest BCUT2D eigenvalue weighted by Crippen LogP contribution is -2.03. The molecule has 0 aliphatic rings. The zero-order valence-electron chi connectivity index (χ0n) is 6.22. The summed E-state index contributed by atoms with van der Waals surface area (Å²) in [5, 5.41) is -0.0654. The average Bonchev–Trinajstić information content (AvgIpc) is 2.06. The zero-order chi connectivity index (χ0) is 11.1. The van der Waals surface area contributed by atoms with E-state index >= 15 is 0 Å². The molecule has 0 amide bonds. The Kier molecular flexibility index (Phi) is 4.25. The van der Waals surface area contributed by atoms with Crippen LogP contribution in [0.25, 0.3) is 0 Å². The molecule has 0 radical (unpaired) electrons. The number of hydrogen-bond donors (Lipinski definition) is 0. The van der Waals surface area contributed by atoms with Gasteiger partial charge in [-0.25, -0.2) is 4.39 Å². The van der Waals surface area contributed by atoms with Crippen molar-refractivity contribution in [1.82, 2.24) is 0 Å². The standard InChI is InChI=1S/C7HBrCl5F/c8-4-5(9)2(7(11,12)13)1-3(14)6(4)10/h1H. The Balaban J connectivity index is 3.49. The van der Waals surface area contributed by atoms with Gasteiger partial charge in [0.25, 0.3) is 0 Å². The molecular formula is C7HBrCl5F. The molecule has 1 aromatic carbocycles. The molecular weight excluding hydrogens is 360 g/mol. The molecule has 0 aliphatic carbocycles. The molecule has 0 spiro atoms. The van der Waals surface area contributed by atoms with Gasteiger partial charge >= 0.3 is 0 Å². The van der Waals surface area contributed by atoms with E-state index in [9.17, 15) is 4.39 Å². The van der Waals surface area contributed by atoms with Crippen LogP contribution in [0.4, 0.5) is 4.39 Å². The minimum atomic E-state index is -1.79. The van der Waals surface area contributed by atoms with Crippen LogP contribution in [0.2, 0.25) is 10.0 Å². The topological polar surface area (TPSA) is 0 Å². The van der Waals surface area contributed by atoms with Gasteiger partial charge in [0.15, 0.2) is 0 Å². The summed E-state index contributed by atoms with van der Waals surface area (Å²) >= 11 is 31.1. The van der Waals surface area contributed by atoms with Crippen LogP contribution < -0.4 is 0 Å². The maximum absolute atomic E-state index is 13.2. The van der Waals surface area contributed by atoms with Crippen LogP contribution >= 0.6 is 73.9 Å². The van der Waals surface area contributed by atoms with E-state index in [1.54, 1.807) is 0 Å². The second-order valence-electron chi connectivity index (χ2n) is 2.35. The lowest BCUT2D eigenvalue weighted by atomic mass is 10.2. The van der Waals surface area contributed by atoms with E-state index in [0.717, 1.165) is 6.07 Å². The molecule has 0 atom stereocenters. The van der Waals surface area contributed by atoms with Gasteiger partial charge in [-0.3, -0.25) is 0 Å². The summed E-state index contributed by atoms with van der Waals surface area (Å²) < 4.78 is 11.5. The summed E-state index contributed by atoms with van der Waals surface area (Å²) in [7, 11) is 0. The normalized spacial score (nSPS) is 11.9. The summed E-state index contributed by atoms with van der Waals surface area (Å²) in [5.74, 6) is -0.704. The maximum Gasteiger partial charge on any atom is 0.217 e. The zero-order valence-corrected chi connectivity index (χ0v) is 11.6. The number of hydrogen-bond acceptors (Lipinski definition) is 0. The largest absolute Gasteiger partial charge is 0.217 e.